The zero-order valence-corrected chi connectivity index (χ0v) is 15.9. The number of carboxylic acid groups (broad SMARTS) is 1. The number of carboxylic acids is 1. The Balaban J connectivity index is 0.000000542. The van der Waals surface area contributed by atoms with Crippen molar-refractivity contribution >= 4 is 17.6 Å². The molecular weight excluding hydrogens is 350 g/mol. The van der Waals surface area contributed by atoms with Crippen molar-refractivity contribution in [2.45, 2.75) is 0 Å². The van der Waals surface area contributed by atoms with Gasteiger partial charge in [0.15, 0.2) is 0 Å². The predicted molar refractivity (Wildman–Crippen MR) is 81.5 cm³/mol. The van der Waals surface area contributed by atoms with E-state index in [1.807, 2.05) is 54.6 Å². The zero-order valence-electron chi connectivity index (χ0n) is 12.0. The monoisotopic (exact) mass is 363 g/mol. The van der Waals surface area contributed by atoms with E-state index in [0.29, 0.717) is 0 Å². The van der Waals surface area contributed by atoms with Crippen LogP contribution in [0.15, 0.2) is 72.8 Å². The number of halogens is 1. The smallest absolute Gasteiger partial charge is 0.478 e. The van der Waals surface area contributed by atoms with Gasteiger partial charge in [0.05, 0.1) is 5.56 Å². The quantitative estimate of drug-likeness (QED) is 0.557. The normalized spacial score (nSPS) is 8.77. The van der Waals surface area contributed by atoms with Crippen LogP contribution >= 0.6 is 11.6 Å². The Morgan fingerprint density at radius 2 is 1.68 bits per heavy atom. The molecule has 3 rings (SSSR count). The molecule has 2 nitrogen and oxygen atoms in total. The summed E-state index contributed by atoms with van der Waals surface area (Å²) in [7, 11) is 0. The van der Waals surface area contributed by atoms with E-state index in [2.05, 4.69) is 0 Å². The summed E-state index contributed by atoms with van der Waals surface area (Å²) < 4.78 is 0. The topological polar surface area (TPSA) is 37.3 Å². The van der Waals surface area contributed by atoms with Gasteiger partial charge in [-0.25, -0.2) is 16.9 Å². The molecule has 1 N–H and O–H groups in total. The minimum Gasteiger partial charge on any atom is -0.478 e. The van der Waals surface area contributed by atoms with Crippen LogP contribution in [-0.4, -0.2) is 11.1 Å². The molecule has 0 radical (unpaired) electrons. The summed E-state index contributed by atoms with van der Waals surface area (Å²) in [6.07, 6.45) is 0. The Morgan fingerprint density at radius 1 is 1.09 bits per heavy atom. The van der Waals surface area contributed by atoms with Crippen LogP contribution in [0, 0.1) is 0 Å². The average Bonchev–Trinajstić information content (AvgIpc) is 3.14. The Bertz CT molecular complexity index is 647. The van der Waals surface area contributed by atoms with E-state index in [0.717, 1.165) is 11.1 Å². The summed E-state index contributed by atoms with van der Waals surface area (Å²) >= 11 is 5.86. The van der Waals surface area contributed by atoms with E-state index in [9.17, 15) is 4.79 Å². The van der Waals surface area contributed by atoms with E-state index in [1.54, 1.807) is 12.1 Å². The molecule has 0 saturated heterocycles. The van der Waals surface area contributed by atoms with Crippen LogP contribution in [0.4, 0.5) is 0 Å². The van der Waals surface area contributed by atoms with Gasteiger partial charge in [0.1, 0.15) is 0 Å². The number of aromatic carboxylic acids is 1. The van der Waals surface area contributed by atoms with Gasteiger partial charge in [0.25, 0.3) is 0 Å². The van der Waals surface area contributed by atoms with E-state index in [1.165, 1.54) is 6.07 Å². The molecule has 0 aliphatic rings. The van der Waals surface area contributed by atoms with Gasteiger partial charge in [0, 0.05) is 22.1 Å². The standard InChI is InChI=1S/C12H8ClO2.C5H5.Fe.Na/c13-11-7-9(8-3-1-2-4-8)5-6-10(11)12(14)15;1-2-4-5-3-1;;/h1-7H,(H,14,15);1-5H;;/q2*-1;;+1. The molecule has 0 saturated carbocycles. The van der Waals surface area contributed by atoms with Gasteiger partial charge in [0.2, 0.25) is 0 Å². The molecule has 3 aromatic carbocycles. The largest absolute Gasteiger partial charge is 1.00 e. The molecule has 0 aliphatic heterocycles. The van der Waals surface area contributed by atoms with Crippen molar-refractivity contribution in [1.82, 2.24) is 0 Å². The summed E-state index contributed by atoms with van der Waals surface area (Å²) in [6.45, 7) is 0. The Hall–Kier alpha value is -0.801. The van der Waals surface area contributed by atoms with Crippen LogP contribution in [0.1, 0.15) is 10.4 Å². The predicted octanol–water partition coefficient (Wildman–Crippen LogP) is 1.83. The van der Waals surface area contributed by atoms with Crippen molar-refractivity contribution in [2.24, 2.45) is 0 Å². The Kier molecular flexibility index (Phi) is 10.5. The van der Waals surface area contributed by atoms with Gasteiger partial charge >= 0.3 is 35.5 Å². The molecule has 0 heterocycles. The summed E-state index contributed by atoms with van der Waals surface area (Å²) in [5, 5.41) is 9.07. The second-order valence-electron chi connectivity index (χ2n) is 4.14. The van der Waals surface area contributed by atoms with E-state index in [4.69, 9.17) is 16.7 Å². The first-order valence-corrected chi connectivity index (χ1v) is 6.48. The molecule has 0 amide bonds. The number of carbonyl (C=O) groups is 1. The first-order chi connectivity index (χ1) is 9.68. The van der Waals surface area contributed by atoms with Crippen LogP contribution in [0.25, 0.3) is 11.1 Å². The maximum Gasteiger partial charge on any atom is 1.00 e. The van der Waals surface area contributed by atoms with Crippen molar-refractivity contribution in [2.75, 3.05) is 0 Å². The van der Waals surface area contributed by atoms with Gasteiger partial charge in [-0.2, -0.15) is 30.3 Å². The third-order valence-electron chi connectivity index (χ3n) is 2.75. The van der Waals surface area contributed by atoms with E-state index >= 15 is 0 Å². The number of benzene rings is 1. The van der Waals surface area contributed by atoms with Crippen molar-refractivity contribution in [3.8, 4) is 11.1 Å². The summed E-state index contributed by atoms with van der Waals surface area (Å²) in [5.41, 5.74) is 2.09. The third-order valence-corrected chi connectivity index (χ3v) is 3.06. The number of rotatable bonds is 2. The minimum atomic E-state index is -1.01. The second kappa shape index (κ2) is 10.8. The first-order valence-electron chi connectivity index (χ1n) is 6.10. The van der Waals surface area contributed by atoms with Crippen molar-refractivity contribution in [1.29, 1.82) is 0 Å². The van der Waals surface area contributed by atoms with Crippen molar-refractivity contribution in [3.05, 3.63) is 83.4 Å². The van der Waals surface area contributed by atoms with E-state index in [-0.39, 0.29) is 57.2 Å². The zero-order chi connectivity index (χ0) is 14.4. The molecule has 0 fully saturated rings. The molecule has 110 valence electrons. The van der Waals surface area contributed by atoms with Gasteiger partial charge in [-0.1, -0.05) is 29.3 Å². The van der Waals surface area contributed by atoms with Gasteiger partial charge in [-0.15, -0.1) is 23.8 Å². The fourth-order valence-electron chi connectivity index (χ4n) is 1.76. The molecule has 3 aromatic rings. The van der Waals surface area contributed by atoms with Crippen LogP contribution in [0.3, 0.4) is 0 Å². The maximum atomic E-state index is 10.7. The van der Waals surface area contributed by atoms with Crippen molar-refractivity contribution in [3.63, 3.8) is 0 Å². The number of hydrogen-bond acceptors (Lipinski definition) is 1. The molecule has 0 aromatic heterocycles. The van der Waals surface area contributed by atoms with E-state index < -0.39 is 5.97 Å². The Morgan fingerprint density at radius 3 is 2.09 bits per heavy atom. The molecule has 22 heavy (non-hydrogen) atoms. The van der Waals surface area contributed by atoms with Crippen molar-refractivity contribution < 1.29 is 56.5 Å². The summed E-state index contributed by atoms with van der Waals surface area (Å²) in [4.78, 5) is 10.7. The van der Waals surface area contributed by atoms with Crippen LogP contribution in [0.5, 0.6) is 0 Å². The maximum absolute atomic E-state index is 10.7. The number of hydrogen-bond donors (Lipinski definition) is 1. The molecule has 0 unspecified atom stereocenters. The van der Waals surface area contributed by atoms with Gasteiger partial charge < -0.3 is 5.11 Å². The molecular formula is C17H13ClFeNaO2-. The summed E-state index contributed by atoms with van der Waals surface area (Å²) in [5.74, 6) is -1.01. The van der Waals surface area contributed by atoms with Crippen LogP contribution in [0.2, 0.25) is 5.02 Å². The van der Waals surface area contributed by atoms with Crippen LogP contribution in [-0.2, 0) is 17.1 Å². The minimum absolute atomic E-state index is 0. The molecule has 5 heteroatoms. The molecule has 0 spiro atoms. The van der Waals surface area contributed by atoms with Gasteiger partial charge in [-0.3, -0.25) is 0 Å². The third kappa shape index (κ3) is 6.13. The molecule has 0 bridgehead atoms. The fraction of sp³-hybridized carbons (Fsp3) is 0. The summed E-state index contributed by atoms with van der Waals surface area (Å²) in [6, 6.07) is 22.7. The fourth-order valence-corrected chi connectivity index (χ4v) is 2.02. The average molecular weight is 364 g/mol. The second-order valence-corrected chi connectivity index (χ2v) is 4.54. The SMILES string of the molecule is O=C(O)c1ccc(-[c-]2cccc2)cc1Cl.[Fe].[Na+].c1cc[cH-]c1. The first kappa shape index (κ1) is 21.2. The van der Waals surface area contributed by atoms with Crippen LogP contribution < -0.4 is 29.6 Å². The Labute approximate surface area is 167 Å². The molecule has 0 atom stereocenters. The van der Waals surface area contributed by atoms with Gasteiger partial charge in [-0.05, 0) is 0 Å². The molecule has 0 aliphatic carbocycles.